The molecule has 0 heterocycles. The molecule has 0 aromatic heterocycles. The second-order valence-electron chi connectivity index (χ2n) is 6.72. The summed E-state index contributed by atoms with van der Waals surface area (Å²) in [5, 5.41) is 6.03. The van der Waals surface area contributed by atoms with Gasteiger partial charge in [-0.2, -0.15) is 9.41 Å². The summed E-state index contributed by atoms with van der Waals surface area (Å²) in [4.78, 5) is 12.6. The molecule has 3 rings (SSSR count). The first kappa shape index (κ1) is 22.5. The Labute approximate surface area is 182 Å². The fourth-order valence-electron chi connectivity index (χ4n) is 3.32. The van der Waals surface area contributed by atoms with Gasteiger partial charge in [0.25, 0.3) is 5.91 Å². The Morgan fingerprint density at radius 2 is 1.81 bits per heavy atom. The van der Waals surface area contributed by atoms with Crippen LogP contribution in [0.2, 0.25) is 0 Å². The fourth-order valence-corrected chi connectivity index (χ4v) is 4.82. The van der Waals surface area contributed by atoms with Gasteiger partial charge in [0.1, 0.15) is 5.75 Å². The lowest BCUT2D eigenvalue weighted by molar-refractivity contribution is 0.0955. The summed E-state index contributed by atoms with van der Waals surface area (Å²) in [6.45, 7) is 4.25. The number of methoxy groups -OCH3 is 1. The van der Waals surface area contributed by atoms with Crippen LogP contribution in [0.15, 0.2) is 70.7 Å². The molecule has 7 nitrogen and oxygen atoms in total. The Bertz CT molecular complexity index is 1220. The summed E-state index contributed by atoms with van der Waals surface area (Å²) in [6, 6.07) is 17.5. The van der Waals surface area contributed by atoms with E-state index in [1.807, 2.05) is 36.4 Å². The van der Waals surface area contributed by atoms with Gasteiger partial charge in [-0.15, -0.1) is 0 Å². The molecule has 3 aromatic carbocycles. The molecule has 3 aromatic rings. The van der Waals surface area contributed by atoms with E-state index in [0.717, 1.165) is 16.3 Å². The second-order valence-corrected chi connectivity index (χ2v) is 8.66. The zero-order valence-electron chi connectivity index (χ0n) is 17.7. The van der Waals surface area contributed by atoms with Crippen LogP contribution in [0.3, 0.4) is 0 Å². The van der Waals surface area contributed by atoms with Gasteiger partial charge in [-0.05, 0) is 35.0 Å². The van der Waals surface area contributed by atoms with Crippen LogP contribution < -0.4 is 10.2 Å². The van der Waals surface area contributed by atoms with E-state index in [0.29, 0.717) is 18.8 Å². The maximum Gasteiger partial charge on any atom is 0.271 e. The molecule has 31 heavy (non-hydrogen) atoms. The molecule has 0 aliphatic heterocycles. The quantitative estimate of drug-likeness (QED) is 0.429. The van der Waals surface area contributed by atoms with Crippen molar-refractivity contribution >= 4 is 32.9 Å². The van der Waals surface area contributed by atoms with Crippen molar-refractivity contribution in [3.63, 3.8) is 0 Å². The van der Waals surface area contributed by atoms with Crippen molar-refractivity contribution in [2.75, 3.05) is 20.2 Å². The molecule has 1 N–H and O–H groups in total. The van der Waals surface area contributed by atoms with E-state index in [-0.39, 0.29) is 10.5 Å². The minimum Gasteiger partial charge on any atom is -0.496 e. The number of sulfonamides is 1. The van der Waals surface area contributed by atoms with Crippen molar-refractivity contribution in [2.45, 2.75) is 18.7 Å². The van der Waals surface area contributed by atoms with Gasteiger partial charge in [-0.1, -0.05) is 50.2 Å². The molecule has 8 heteroatoms. The third-order valence-electron chi connectivity index (χ3n) is 4.95. The summed E-state index contributed by atoms with van der Waals surface area (Å²) in [6.07, 6.45) is 1.52. The van der Waals surface area contributed by atoms with Gasteiger partial charge >= 0.3 is 0 Å². The van der Waals surface area contributed by atoms with Crippen LogP contribution in [0.25, 0.3) is 10.8 Å². The number of ether oxygens (including phenoxy) is 1. The van der Waals surface area contributed by atoms with Crippen molar-refractivity contribution in [3.05, 3.63) is 71.8 Å². The SMILES string of the molecule is CCN(CC)S(=O)(=O)c1cccc(C(=O)N/N=C\c2c(OC)ccc3ccccc23)c1. The number of hydrogen-bond acceptors (Lipinski definition) is 5. The Kier molecular flexibility index (Phi) is 7.04. The molecule has 1 amide bonds. The lowest BCUT2D eigenvalue weighted by Gasteiger charge is -2.18. The van der Waals surface area contributed by atoms with Gasteiger partial charge < -0.3 is 4.74 Å². The minimum absolute atomic E-state index is 0.0727. The van der Waals surface area contributed by atoms with Crippen LogP contribution in [-0.4, -0.2) is 45.0 Å². The van der Waals surface area contributed by atoms with Gasteiger partial charge in [0.05, 0.1) is 18.2 Å². The van der Waals surface area contributed by atoms with Crippen molar-refractivity contribution in [1.82, 2.24) is 9.73 Å². The zero-order chi connectivity index (χ0) is 22.4. The molecule has 0 radical (unpaired) electrons. The first-order valence-corrected chi connectivity index (χ1v) is 11.4. The first-order chi connectivity index (χ1) is 14.9. The highest BCUT2D eigenvalue weighted by Crippen LogP contribution is 2.26. The smallest absolute Gasteiger partial charge is 0.271 e. The van der Waals surface area contributed by atoms with E-state index < -0.39 is 15.9 Å². The largest absolute Gasteiger partial charge is 0.496 e. The molecular weight excluding hydrogens is 414 g/mol. The Morgan fingerprint density at radius 1 is 1.06 bits per heavy atom. The van der Waals surface area contributed by atoms with Crippen LogP contribution in [-0.2, 0) is 10.0 Å². The number of carbonyl (C=O) groups is 1. The summed E-state index contributed by atoms with van der Waals surface area (Å²) in [7, 11) is -2.08. The highest BCUT2D eigenvalue weighted by atomic mass is 32.2. The van der Waals surface area contributed by atoms with E-state index in [4.69, 9.17) is 4.74 Å². The highest BCUT2D eigenvalue weighted by Gasteiger charge is 2.22. The number of amides is 1. The number of rotatable bonds is 8. The summed E-state index contributed by atoms with van der Waals surface area (Å²) < 4.78 is 32.2. The number of hydrogen-bond donors (Lipinski definition) is 1. The molecule has 0 saturated heterocycles. The number of carbonyl (C=O) groups excluding carboxylic acids is 1. The van der Waals surface area contributed by atoms with Crippen molar-refractivity contribution in [2.24, 2.45) is 5.10 Å². The molecule has 0 saturated carbocycles. The van der Waals surface area contributed by atoms with Crippen LogP contribution in [0.5, 0.6) is 5.75 Å². The third kappa shape index (κ3) is 4.76. The molecule has 162 valence electrons. The molecular formula is C23H25N3O4S. The van der Waals surface area contributed by atoms with Gasteiger partial charge in [0.2, 0.25) is 10.0 Å². The third-order valence-corrected chi connectivity index (χ3v) is 7.00. The van der Waals surface area contributed by atoms with E-state index in [9.17, 15) is 13.2 Å². The number of nitrogens with zero attached hydrogens (tertiary/aromatic N) is 2. The summed E-state index contributed by atoms with van der Waals surface area (Å²) in [5.41, 5.74) is 3.40. The minimum atomic E-state index is -3.66. The van der Waals surface area contributed by atoms with Gasteiger partial charge in [0, 0.05) is 24.2 Å². The molecule has 0 fully saturated rings. The lowest BCUT2D eigenvalue weighted by atomic mass is 10.0. The molecule has 0 spiro atoms. The Hall–Kier alpha value is -3.23. The van der Waals surface area contributed by atoms with E-state index in [1.54, 1.807) is 33.1 Å². The number of fused-ring (bicyclic) bond motifs is 1. The molecule has 0 aliphatic carbocycles. The van der Waals surface area contributed by atoms with Crippen molar-refractivity contribution < 1.29 is 17.9 Å². The molecule has 0 unspecified atom stereocenters. The monoisotopic (exact) mass is 439 g/mol. The van der Waals surface area contributed by atoms with Crippen LogP contribution in [0.1, 0.15) is 29.8 Å². The summed E-state index contributed by atoms with van der Waals surface area (Å²) >= 11 is 0. The van der Waals surface area contributed by atoms with Gasteiger partial charge in [-0.25, -0.2) is 13.8 Å². The highest BCUT2D eigenvalue weighted by molar-refractivity contribution is 7.89. The predicted molar refractivity (Wildman–Crippen MR) is 122 cm³/mol. The van der Waals surface area contributed by atoms with Gasteiger partial charge in [0.15, 0.2) is 0 Å². The zero-order valence-corrected chi connectivity index (χ0v) is 18.5. The average Bonchev–Trinajstić information content (AvgIpc) is 2.79. The van der Waals surface area contributed by atoms with E-state index >= 15 is 0 Å². The maximum absolute atomic E-state index is 12.7. The average molecular weight is 440 g/mol. The number of nitrogens with one attached hydrogen (secondary N) is 1. The molecule has 0 bridgehead atoms. The maximum atomic E-state index is 12.7. The topological polar surface area (TPSA) is 88.1 Å². The summed E-state index contributed by atoms with van der Waals surface area (Å²) in [5.74, 6) is 0.121. The Morgan fingerprint density at radius 3 is 2.52 bits per heavy atom. The van der Waals surface area contributed by atoms with Crippen LogP contribution in [0.4, 0.5) is 0 Å². The van der Waals surface area contributed by atoms with Crippen molar-refractivity contribution in [3.8, 4) is 5.75 Å². The number of benzene rings is 3. The normalized spacial score (nSPS) is 11.9. The standard InChI is InChI=1S/C23H25N3O4S/c1-4-26(5-2)31(28,29)19-11-8-10-18(15-19)23(27)25-24-16-21-20-12-7-6-9-17(20)13-14-22(21)30-3/h6-16H,4-5H2,1-3H3,(H,25,27)/b24-16-. The second kappa shape index (κ2) is 9.72. The Balaban J connectivity index is 1.84. The van der Waals surface area contributed by atoms with Crippen LogP contribution >= 0.6 is 0 Å². The van der Waals surface area contributed by atoms with Gasteiger partial charge in [-0.3, -0.25) is 4.79 Å². The first-order valence-electron chi connectivity index (χ1n) is 9.91. The molecule has 0 aliphatic rings. The molecule has 0 atom stereocenters. The van der Waals surface area contributed by atoms with E-state index in [1.165, 1.54) is 22.7 Å². The fraction of sp³-hybridized carbons (Fsp3) is 0.217. The predicted octanol–water partition coefficient (Wildman–Crippen LogP) is 3.64. The van der Waals surface area contributed by atoms with Crippen molar-refractivity contribution in [1.29, 1.82) is 0 Å². The van der Waals surface area contributed by atoms with Crippen LogP contribution in [0, 0.1) is 0 Å². The van der Waals surface area contributed by atoms with E-state index in [2.05, 4.69) is 10.5 Å². The number of hydrazone groups is 1. The lowest BCUT2D eigenvalue weighted by Crippen LogP contribution is -2.30.